The van der Waals surface area contributed by atoms with Crippen LogP contribution in [0.2, 0.25) is 0 Å². The summed E-state index contributed by atoms with van der Waals surface area (Å²) in [5.74, 6) is 1.28. The maximum Gasteiger partial charge on any atom is 0.274 e. The first kappa shape index (κ1) is 16.1. The van der Waals surface area contributed by atoms with Crippen molar-refractivity contribution >= 4 is 5.91 Å². The highest BCUT2D eigenvalue weighted by atomic mass is 16.5. The van der Waals surface area contributed by atoms with Crippen molar-refractivity contribution in [2.75, 3.05) is 32.8 Å². The minimum Gasteiger partial charge on any atom is -0.396 e. The number of likely N-dealkylation sites (tertiary alicyclic amines) is 2. The second-order valence-electron chi connectivity index (χ2n) is 6.89. The van der Waals surface area contributed by atoms with Gasteiger partial charge in [0.05, 0.1) is 19.3 Å². The van der Waals surface area contributed by atoms with E-state index in [0.717, 1.165) is 6.54 Å². The topological polar surface area (TPSA) is 108 Å². The van der Waals surface area contributed by atoms with Gasteiger partial charge in [0.2, 0.25) is 5.89 Å². The summed E-state index contributed by atoms with van der Waals surface area (Å²) in [5.41, 5.74) is 0.0334. The lowest BCUT2D eigenvalue weighted by Crippen LogP contribution is -2.39. The molecule has 2 aromatic rings. The molecule has 2 aliphatic rings. The lowest BCUT2D eigenvalue weighted by molar-refractivity contribution is 0.0712. The Bertz CT molecular complexity index is 766. The molecule has 2 aliphatic heterocycles. The van der Waals surface area contributed by atoms with Gasteiger partial charge < -0.3 is 14.5 Å². The average Bonchev–Trinajstić information content (AvgIpc) is 3.27. The summed E-state index contributed by atoms with van der Waals surface area (Å²) in [6, 6.07) is 0. The predicted octanol–water partition coefficient (Wildman–Crippen LogP) is -0.265. The summed E-state index contributed by atoms with van der Waals surface area (Å²) in [6.07, 6.45) is 4.54. The first-order valence-electron chi connectivity index (χ1n) is 8.27. The van der Waals surface area contributed by atoms with E-state index in [4.69, 9.17) is 4.52 Å². The number of aromatic nitrogens is 4. The molecule has 1 amide bonds. The number of carbonyl (C=O) groups excluding carboxylic acids is 1. The Balaban J connectivity index is 1.45. The molecule has 9 nitrogen and oxygen atoms in total. The summed E-state index contributed by atoms with van der Waals surface area (Å²) in [5, 5.41) is 14.0. The highest BCUT2D eigenvalue weighted by Crippen LogP contribution is 2.42. The number of aliphatic hydroxyl groups excluding tert-OH is 1. The number of hydrogen-bond acceptors (Lipinski definition) is 8. The average molecular weight is 344 g/mol. The molecule has 0 spiro atoms. The molecule has 0 aromatic carbocycles. The number of amides is 1. The Kier molecular flexibility index (Phi) is 3.97. The normalized spacial score (nSPS) is 26.2. The van der Waals surface area contributed by atoms with Crippen molar-refractivity contribution < 1.29 is 14.4 Å². The summed E-state index contributed by atoms with van der Waals surface area (Å²) < 4.78 is 5.01. The molecule has 4 heterocycles. The molecule has 0 bridgehead atoms. The van der Waals surface area contributed by atoms with E-state index in [2.05, 4.69) is 25.0 Å². The van der Waals surface area contributed by atoms with Gasteiger partial charge in [-0.1, -0.05) is 5.16 Å². The quantitative estimate of drug-likeness (QED) is 0.808. The Morgan fingerprint density at radius 1 is 1.40 bits per heavy atom. The molecule has 2 aromatic heterocycles. The summed E-state index contributed by atoms with van der Waals surface area (Å²) in [6.45, 7) is 5.02. The molecule has 0 aliphatic carbocycles. The van der Waals surface area contributed by atoms with E-state index in [0.29, 0.717) is 43.6 Å². The van der Waals surface area contributed by atoms with E-state index < -0.39 is 0 Å². The van der Waals surface area contributed by atoms with Crippen LogP contribution in [-0.2, 0) is 6.54 Å². The van der Waals surface area contributed by atoms with Gasteiger partial charge in [-0.05, 0) is 5.92 Å². The molecule has 9 heteroatoms. The van der Waals surface area contributed by atoms with Crippen molar-refractivity contribution in [3.8, 4) is 0 Å². The van der Waals surface area contributed by atoms with Crippen LogP contribution in [-0.4, -0.2) is 73.7 Å². The number of nitrogens with zero attached hydrogens (tertiary/aromatic N) is 6. The van der Waals surface area contributed by atoms with Gasteiger partial charge in [-0.25, -0.2) is 4.98 Å². The predicted molar refractivity (Wildman–Crippen MR) is 85.3 cm³/mol. The van der Waals surface area contributed by atoms with Crippen molar-refractivity contribution in [1.82, 2.24) is 29.9 Å². The van der Waals surface area contributed by atoms with Crippen molar-refractivity contribution in [2.24, 2.45) is 11.3 Å². The van der Waals surface area contributed by atoms with E-state index in [1.165, 1.54) is 12.4 Å². The standard InChI is InChI=1S/C16H20N6O3/c1-11-19-14(20-25-11)7-21-5-12-6-22(9-16(12,8-21)10-23)15(24)13-4-17-2-3-18-13/h2-4,12,23H,5-10H2,1H3. The van der Waals surface area contributed by atoms with Crippen LogP contribution in [0, 0.1) is 18.3 Å². The summed E-state index contributed by atoms with van der Waals surface area (Å²) in [4.78, 5) is 28.9. The van der Waals surface area contributed by atoms with Gasteiger partial charge in [-0.3, -0.25) is 14.7 Å². The minimum absolute atomic E-state index is 0.0453. The van der Waals surface area contributed by atoms with Crippen molar-refractivity contribution in [3.63, 3.8) is 0 Å². The Morgan fingerprint density at radius 2 is 2.28 bits per heavy atom. The largest absolute Gasteiger partial charge is 0.396 e. The van der Waals surface area contributed by atoms with Crippen LogP contribution in [0.15, 0.2) is 23.1 Å². The molecule has 2 unspecified atom stereocenters. The lowest BCUT2D eigenvalue weighted by Gasteiger charge is -2.26. The third-order valence-corrected chi connectivity index (χ3v) is 5.15. The van der Waals surface area contributed by atoms with E-state index in [1.807, 2.05) is 0 Å². The maximum absolute atomic E-state index is 12.6. The molecule has 0 radical (unpaired) electrons. The van der Waals surface area contributed by atoms with Crippen molar-refractivity contribution in [1.29, 1.82) is 0 Å². The molecule has 2 saturated heterocycles. The Morgan fingerprint density at radius 3 is 2.92 bits per heavy atom. The van der Waals surface area contributed by atoms with Crippen LogP contribution in [0.3, 0.4) is 0 Å². The zero-order valence-electron chi connectivity index (χ0n) is 14.0. The van der Waals surface area contributed by atoms with Crippen LogP contribution < -0.4 is 0 Å². The van der Waals surface area contributed by atoms with Gasteiger partial charge in [0.25, 0.3) is 5.91 Å². The summed E-state index contributed by atoms with van der Waals surface area (Å²) in [7, 11) is 0. The monoisotopic (exact) mass is 344 g/mol. The highest BCUT2D eigenvalue weighted by molar-refractivity contribution is 5.92. The zero-order chi connectivity index (χ0) is 17.4. The molecule has 1 N–H and O–H groups in total. The molecular formula is C16H20N6O3. The fraction of sp³-hybridized carbons (Fsp3) is 0.562. The van der Waals surface area contributed by atoms with Crippen LogP contribution in [0.1, 0.15) is 22.2 Å². The number of rotatable bonds is 4. The van der Waals surface area contributed by atoms with E-state index in [-0.39, 0.29) is 23.8 Å². The second kappa shape index (κ2) is 6.16. The van der Waals surface area contributed by atoms with Gasteiger partial charge in [0.1, 0.15) is 5.69 Å². The van der Waals surface area contributed by atoms with Gasteiger partial charge in [-0.15, -0.1) is 0 Å². The van der Waals surface area contributed by atoms with Gasteiger partial charge >= 0.3 is 0 Å². The van der Waals surface area contributed by atoms with Gasteiger partial charge in [0.15, 0.2) is 5.82 Å². The van der Waals surface area contributed by atoms with Crippen LogP contribution in [0.25, 0.3) is 0 Å². The third-order valence-electron chi connectivity index (χ3n) is 5.15. The fourth-order valence-electron chi connectivity index (χ4n) is 3.97. The molecule has 25 heavy (non-hydrogen) atoms. The molecule has 4 rings (SSSR count). The smallest absolute Gasteiger partial charge is 0.274 e. The lowest BCUT2D eigenvalue weighted by atomic mass is 9.82. The van der Waals surface area contributed by atoms with Crippen LogP contribution in [0.4, 0.5) is 0 Å². The van der Waals surface area contributed by atoms with Gasteiger partial charge in [0, 0.05) is 50.9 Å². The molecular weight excluding hydrogens is 324 g/mol. The second-order valence-corrected chi connectivity index (χ2v) is 6.89. The molecule has 132 valence electrons. The van der Waals surface area contributed by atoms with E-state index in [9.17, 15) is 9.90 Å². The van der Waals surface area contributed by atoms with Crippen LogP contribution >= 0.6 is 0 Å². The molecule has 2 fully saturated rings. The zero-order valence-corrected chi connectivity index (χ0v) is 14.0. The van der Waals surface area contributed by atoms with Crippen LogP contribution in [0.5, 0.6) is 0 Å². The maximum atomic E-state index is 12.6. The number of carbonyl (C=O) groups is 1. The molecule has 0 saturated carbocycles. The SMILES string of the molecule is Cc1nc(CN2CC3CN(C(=O)c4cnccn4)CC3(CO)C2)no1. The first-order chi connectivity index (χ1) is 12.1. The number of fused-ring (bicyclic) bond motifs is 1. The third kappa shape index (κ3) is 2.89. The highest BCUT2D eigenvalue weighted by Gasteiger charge is 2.53. The molecule has 2 atom stereocenters. The first-order valence-corrected chi connectivity index (χ1v) is 8.27. The minimum atomic E-state index is -0.309. The van der Waals surface area contributed by atoms with Crippen molar-refractivity contribution in [2.45, 2.75) is 13.5 Å². The Hall–Kier alpha value is -2.39. The Labute approximate surface area is 144 Å². The number of aryl methyl sites for hydroxylation is 1. The van der Waals surface area contributed by atoms with Crippen molar-refractivity contribution in [3.05, 3.63) is 36.0 Å². The van der Waals surface area contributed by atoms with E-state index >= 15 is 0 Å². The number of hydrogen-bond donors (Lipinski definition) is 1. The van der Waals surface area contributed by atoms with Gasteiger partial charge in [-0.2, -0.15) is 4.98 Å². The summed E-state index contributed by atoms with van der Waals surface area (Å²) >= 11 is 0. The number of aliphatic hydroxyl groups is 1. The van der Waals surface area contributed by atoms with E-state index in [1.54, 1.807) is 18.0 Å². The fourth-order valence-corrected chi connectivity index (χ4v) is 3.97.